The summed E-state index contributed by atoms with van der Waals surface area (Å²) in [5.74, 6) is 1.76. The van der Waals surface area contributed by atoms with Gasteiger partial charge in [0.2, 0.25) is 0 Å². The molecule has 2 nitrogen and oxygen atoms in total. The van der Waals surface area contributed by atoms with Gasteiger partial charge in [-0.2, -0.15) is 0 Å². The molecule has 2 heteroatoms. The first-order valence-corrected chi connectivity index (χ1v) is 10.00. The van der Waals surface area contributed by atoms with Crippen molar-refractivity contribution in [3.05, 3.63) is 0 Å². The topological polar surface area (TPSA) is 6.48 Å². The van der Waals surface area contributed by atoms with Crippen LogP contribution in [0.2, 0.25) is 0 Å². The van der Waals surface area contributed by atoms with E-state index < -0.39 is 0 Å². The molecule has 0 aliphatic carbocycles. The standard InChI is InChI=1S/C11H23N.C10H21N/c1-9-6-10(2)8-12(7-9)11(3,4)5;1-10(2,3)11-8-6-4-5-7-9-11/h9-10H,6-8H2,1-5H3;4-9H2,1-3H3/t9-,10+;. The van der Waals surface area contributed by atoms with E-state index in [1.165, 1.54) is 58.3 Å². The van der Waals surface area contributed by atoms with Crippen molar-refractivity contribution in [1.29, 1.82) is 0 Å². The Morgan fingerprint density at radius 2 is 1.00 bits per heavy atom. The quantitative estimate of drug-likeness (QED) is 0.586. The van der Waals surface area contributed by atoms with Crippen molar-refractivity contribution in [2.75, 3.05) is 26.2 Å². The first kappa shape index (κ1) is 21.0. The minimum atomic E-state index is 0.364. The van der Waals surface area contributed by atoms with Crippen LogP contribution in [0.3, 0.4) is 0 Å². The smallest absolute Gasteiger partial charge is 0.0125 e. The normalized spacial score (nSPS) is 28.7. The fourth-order valence-electron chi connectivity index (χ4n) is 3.95. The van der Waals surface area contributed by atoms with Crippen LogP contribution in [-0.4, -0.2) is 47.1 Å². The fourth-order valence-corrected chi connectivity index (χ4v) is 3.95. The van der Waals surface area contributed by atoms with Crippen LogP contribution in [0.1, 0.15) is 87.5 Å². The summed E-state index contributed by atoms with van der Waals surface area (Å²) in [6, 6.07) is 0. The molecule has 138 valence electrons. The van der Waals surface area contributed by atoms with E-state index >= 15 is 0 Å². The van der Waals surface area contributed by atoms with Gasteiger partial charge in [0.15, 0.2) is 0 Å². The van der Waals surface area contributed by atoms with Gasteiger partial charge in [-0.25, -0.2) is 0 Å². The predicted molar refractivity (Wildman–Crippen MR) is 104 cm³/mol. The Bertz CT molecular complexity index is 306. The predicted octanol–water partition coefficient (Wildman–Crippen LogP) is 5.42. The summed E-state index contributed by atoms with van der Waals surface area (Å²) in [7, 11) is 0. The highest BCUT2D eigenvalue weighted by Crippen LogP contribution is 2.26. The summed E-state index contributed by atoms with van der Waals surface area (Å²) in [4.78, 5) is 5.23. The van der Waals surface area contributed by atoms with Gasteiger partial charge in [0.25, 0.3) is 0 Å². The van der Waals surface area contributed by atoms with Crippen molar-refractivity contribution in [2.45, 2.75) is 98.6 Å². The second-order valence-corrected chi connectivity index (χ2v) is 10.1. The van der Waals surface area contributed by atoms with Gasteiger partial charge in [-0.05, 0) is 85.7 Å². The van der Waals surface area contributed by atoms with E-state index in [1.54, 1.807) is 0 Å². The zero-order valence-corrected chi connectivity index (χ0v) is 17.4. The maximum absolute atomic E-state index is 2.62. The average molecular weight is 325 g/mol. The molecule has 0 aromatic heterocycles. The molecule has 23 heavy (non-hydrogen) atoms. The Morgan fingerprint density at radius 3 is 1.35 bits per heavy atom. The third kappa shape index (κ3) is 8.03. The molecule has 2 heterocycles. The zero-order chi connectivity index (χ0) is 17.7. The summed E-state index contributed by atoms with van der Waals surface area (Å²) in [6.07, 6.45) is 7.08. The number of hydrogen-bond acceptors (Lipinski definition) is 2. The van der Waals surface area contributed by atoms with Crippen molar-refractivity contribution >= 4 is 0 Å². The number of rotatable bonds is 0. The maximum atomic E-state index is 2.62. The van der Waals surface area contributed by atoms with Crippen LogP contribution in [0, 0.1) is 11.8 Å². The largest absolute Gasteiger partial charge is 0.298 e. The molecule has 0 aromatic rings. The van der Waals surface area contributed by atoms with Crippen molar-refractivity contribution < 1.29 is 0 Å². The molecular weight excluding hydrogens is 280 g/mol. The fraction of sp³-hybridized carbons (Fsp3) is 1.00. The molecule has 2 rings (SSSR count). The number of piperidine rings is 1. The van der Waals surface area contributed by atoms with E-state index in [2.05, 4.69) is 65.2 Å². The highest BCUT2D eigenvalue weighted by atomic mass is 15.2. The maximum Gasteiger partial charge on any atom is 0.0125 e. The lowest BCUT2D eigenvalue weighted by Crippen LogP contribution is -2.49. The number of hydrogen-bond donors (Lipinski definition) is 0. The molecule has 2 aliphatic rings. The van der Waals surface area contributed by atoms with E-state index in [4.69, 9.17) is 0 Å². The van der Waals surface area contributed by atoms with Crippen LogP contribution in [0.15, 0.2) is 0 Å². The summed E-state index contributed by atoms with van der Waals surface area (Å²) in [6.45, 7) is 23.8. The highest BCUT2D eigenvalue weighted by Gasteiger charge is 2.28. The molecule has 2 fully saturated rings. The third-order valence-corrected chi connectivity index (χ3v) is 5.37. The lowest BCUT2D eigenvalue weighted by molar-refractivity contribution is 0.0570. The second kappa shape index (κ2) is 8.85. The SMILES string of the molecule is CC(C)(C)N1CCCCCC1.C[C@@H]1C[C@H](C)CN(C(C)(C)C)C1. The zero-order valence-electron chi connectivity index (χ0n) is 17.4. The van der Waals surface area contributed by atoms with Gasteiger partial charge in [0, 0.05) is 24.2 Å². The third-order valence-electron chi connectivity index (χ3n) is 5.37. The lowest BCUT2D eigenvalue weighted by Gasteiger charge is -2.43. The molecule has 2 atom stereocenters. The Kier molecular flexibility index (Phi) is 8.07. The van der Waals surface area contributed by atoms with E-state index in [1.807, 2.05) is 0 Å². The van der Waals surface area contributed by atoms with E-state index in [0.29, 0.717) is 11.1 Å². The Balaban J connectivity index is 0.000000231. The van der Waals surface area contributed by atoms with Crippen molar-refractivity contribution in [3.63, 3.8) is 0 Å². The van der Waals surface area contributed by atoms with Gasteiger partial charge in [-0.1, -0.05) is 26.7 Å². The Morgan fingerprint density at radius 1 is 0.609 bits per heavy atom. The monoisotopic (exact) mass is 324 g/mol. The van der Waals surface area contributed by atoms with Gasteiger partial charge < -0.3 is 0 Å². The van der Waals surface area contributed by atoms with E-state index in [-0.39, 0.29) is 0 Å². The Labute approximate surface area is 147 Å². The van der Waals surface area contributed by atoms with Gasteiger partial charge in [-0.15, -0.1) is 0 Å². The van der Waals surface area contributed by atoms with Crippen LogP contribution in [-0.2, 0) is 0 Å². The Hall–Kier alpha value is -0.0800. The van der Waals surface area contributed by atoms with Crippen molar-refractivity contribution in [3.8, 4) is 0 Å². The van der Waals surface area contributed by atoms with Crippen LogP contribution >= 0.6 is 0 Å². The number of likely N-dealkylation sites (tertiary alicyclic amines) is 2. The first-order valence-electron chi connectivity index (χ1n) is 10.00. The summed E-state index contributed by atoms with van der Waals surface area (Å²) < 4.78 is 0. The molecule has 0 radical (unpaired) electrons. The molecule has 0 unspecified atom stereocenters. The first-order chi connectivity index (χ1) is 10.5. The van der Waals surface area contributed by atoms with Gasteiger partial charge in [-0.3, -0.25) is 9.80 Å². The molecule has 0 saturated carbocycles. The minimum Gasteiger partial charge on any atom is -0.298 e. The summed E-state index contributed by atoms with van der Waals surface area (Å²) >= 11 is 0. The average Bonchev–Trinajstić information content (AvgIpc) is 2.65. The van der Waals surface area contributed by atoms with Crippen LogP contribution in [0.5, 0.6) is 0 Å². The summed E-state index contributed by atoms with van der Waals surface area (Å²) in [5, 5.41) is 0. The lowest BCUT2D eigenvalue weighted by atomic mass is 9.88. The molecule has 0 amide bonds. The summed E-state index contributed by atoms with van der Waals surface area (Å²) in [5.41, 5.74) is 0.757. The van der Waals surface area contributed by atoms with E-state index in [9.17, 15) is 0 Å². The van der Waals surface area contributed by atoms with Crippen molar-refractivity contribution in [1.82, 2.24) is 9.80 Å². The molecule has 0 aromatic carbocycles. The van der Waals surface area contributed by atoms with Crippen molar-refractivity contribution in [2.24, 2.45) is 11.8 Å². The molecule has 0 bridgehead atoms. The van der Waals surface area contributed by atoms with Gasteiger partial charge in [0.1, 0.15) is 0 Å². The van der Waals surface area contributed by atoms with E-state index in [0.717, 1.165) is 11.8 Å². The second-order valence-electron chi connectivity index (χ2n) is 10.1. The molecule has 0 spiro atoms. The highest BCUT2D eigenvalue weighted by molar-refractivity contribution is 4.83. The molecule has 2 aliphatic heterocycles. The van der Waals surface area contributed by atoms with Crippen LogP contribution in [0.4, 0.5) is 0 Å². The van der Waals surface area contributed by atoms with Gasteiger partial charge >= 0.3 is 0 Å². The molecular formula is C21H44N2. The minimum absolute atomic E-state index is 0.364. The molecule has 0 N–H and O–H groups in total. The van der Waals surface area contributed by atoms with Crippen LogP contribution < -0.4 is 0 Å². The van der Waals surface area contributed by atoms with Crippen LogP contribution in [0.25, 0.3) is 0 Å². The van der Waals surface area contributed by atoms with Gasteiger partial charge in [0.05, 0.1) is 0 Å². The number of nitrogens with zero attached hydrogens (tertiary/aromatic N) is 2. The molecule has 2 saturated heterocycles.